The number of rotatable bonds is 2. The quantitative estimate of drug-likeness (QED) is 0.651. The van der Waals surface area contributed by atoms with Gasteiger partial charge in [-0.1, -0.05) is 0 Å². The highest BCUT2D eigenvalue weighted by Gasteiger charge is 2.34. The van der Waals surface area contributed by atoms with Crippen LogP contribution >= 0.6 is 34.4 Å². The van der Waals surface area contributed by atoms with Gasteiger partial charge in [-0.15, -0.1) is 0 Å². The summed E-state index contributed by atoms with van der Waals surface area (Å²) in [5.74, 6) is 0.275. The molecule has 0 aliphatic heterocycles. The van der Waals surface area contributed by atoms with Crippen molar-refractivity contribution in [3.63, 3.8) is 0 Å². The summed E-state index contributed by atoms with van der Waals surface area (Å²) in [6.45, 7) is 0. The first kappa shape index (κ1) is 13.0. The molecule has 0 saturated heterocycles. The van der Waals surface area contributed by atoms with E-state index in [1.807, 2.05) is 22.6 Å². The molecular formula is C9H9F3INS. The number of hydrogen-bond donors (Lipinski definition) is 1. The van der Waals surface area contributed by atoms with Gasteiger partial charge in [0, 0.05) is 15.0 Å². The largest absolute Gasteiger partial charge is 0.416 e. The number of benzene rings is 1. The van der Waals surface area contributed by atoms with E-state index in [2.05, 4.69) is 0 Å². The van der Waals surface area contributed by atoms with E-state index in [9.17, 15) is 13.2 Å². The minimum absolute atomic E-state index is 0.182. The van der Waals surface area contributed by atoms with Gasteiger partial charge in [-0.05, 0) is 46.5 Å². The lowest BCUT2D eigenvalue weighted by Gasteiger charge is -2.15. The summed E-state index contributed by atoms with van der Waals surface area (Å²) in [6, 6.07) is 2.48. The Morgan fingerprint density at radius 2 is 2.00 bits per heavy atom. The Labute approximate surface area is 104 Å². The van der Waals surface area contributed by atoms with Crippen molar-refractivity contribution < 1.29 is 13.2 Å². The predicted octanol–water partition coefficient (Wildman–Crippen LogP) is 3.76. The molecular weight excluding hydrogens is 338 g/mol. The van der Waals surface area contributed by atoms with E-state index in [4.69, 9.17) is 5.73 Å². The van der Waals surface area contributed by atoms with Gasteiger partial charge in [-0.2, -0.15) is 24.9 Å². The molecule has 0 aliphatic rings. The van der Waals surface area contributed by atoms with Gasteiger partial charge >= 0.3 is 6.18 Å². The lowest BCUT2D eigenvalue weighted by Crippen LogP contribution is -2.11. The Morgan fingerprint density at radius 1 is 1.40 bits per heavy atom. The van der Waals surface area contributed by atoms with E-state index < -0.39 is 11.7 Å². The number of halogens is 4. The van der Waals surface area contributed by atoms with Crippen molar-refractivity contribution in [2.75, 3.05) is 12.0 Å². The minimum atomic E-state index is -4.33. The fourth-order valence-corrected chi connectivity index (χ4v) is 2.31. The van der Waals surface area contributed by atoms with Crippen molar-refractivity contribution in [3.05, 3.63) is 26.8 Å². The van der Waals surface area contributed by atoms with Gasteiger partial charge in [0.2, 0.25) is 0 Å². The fraction of sp³-hybridized carbons (Fsp3) is 0.333. The molecule has 0 bridgehead atoms. The van der Waals surface area contributed by atoms with Gasteiger partial charge in [0.05, 0.1) is 5.56 Å². The van der Waals surface area contributed by atoms with Crippen LogP contribution in [-0.4, -0.2) is 6.26 Å². The van der Waals surface area contributed by atoms with E-state index in [1.165, 1.54) is 17.8 Å². The first-order chi connectivity index (χ1) is 6.88. The molecule has 2 N–H and O–H groups in total. The van der Waals surface area contributed by atoms with Crippen LogP contribution in [0.4, 0.5) is 18.9 Å². The van der Waals surface area contributed by atoms with Gasteiger partial charge in [0.25, 0.3) is 0 Å². The molecule has 6 heteroatoms. The summed E-state index contributed by atoms with van der Waals surface area (Å²) in [5.41, 5.74) is 5.43. The molecule has 15 heavy (non-hydrogen) atoms. The zero-order valence-electron chi connectivity index (χ0n) is 7.86. The van der Waals surface area contributed by atoms with Crippen LogP contribution in [0.5, 0.6) is 0 Å². The molecule has 1 aromatic carbocycles. The summed E-state index contributed by atoms with van der Waals surface area (Å²) in [7, 11) is 0. The number of nitrogen functional groups attached to an aromatic ring is 1. The summed E-state index contributed by atoms with van der Waals surface area (Å²) < 4.78 is 38.5. The van der Waals surface area contributed by atoms with Crippen molar-refractivity contribution in [2.45, 2.75) is 11.9 Å². The lowest BCUT2D eigenvalue weighted by atomic mass is 10.1. The first-order valence-corrected chi connectivity index (χ1v) is 6.48. The van der Waals surface area contributed by atoms with E-state index in [0.29, 0.717) is 3.57 Å². The van der Waals surface area contributed by atoms with Crippen LogP contribution in [0.3, 0.4) is 0 Å². The second-order valence-electron chi connectivity index (χ2n) is 2.92. The van der Waals surface area contributed by atoms with Gasteiger partial charge in [0.1, 0.15) is 0 Å². The molecule has 1 rings (SSSR count). The zero-order valence-corrected chi connectivity index (χ0v) is 10.8. The molecule has 1 aromatic rings. The highest BCUT2D eigenvalue weighted by molar-refractivity contribution is 14.1. The number of alkyl halides is 3. The van der Waals surface area contributed by atoms with Crippen molar-refractivity contribution in [2.24, 2.45) is 0 Å². The summed E-state index contributed by atoms with van der Waals surface area (Å²) >= 11 is 3.26. The normalized spacial score (nSPS) is 11.8. The van der Waals surface area contributed by atoms with Gasteiger partial charge in [0.15, 0.2) is 0 Å². The van der Waals surface area contributed by atoms with Crippen LogP contribution in [0.15, 0.2) is 12.1 Å². The molecule has 0 spiro atoms. The topological polar surface area (TPSA) is 26.0 Å². The number of hydrogen-bond acceptors (Lipinski definition) is 2. The zero-order chi connectivity index (χ0) is 11.6. The van der Waals surface area contributed by atoms with E-state index in [-0.39, 0.29) is 17.0 Å². The predicted molar refractivity (Wildman–Crippen MR) is 65.8 cm³/mol. The maximum atomic E-state index is 12.6. The third-order valence-electron chi connectivity index (χ3n) is 1.90. The molecule has 0 amide bonds. The van der Waals surface area contributed by atoms with Crippen LogP contribution in [0.25, 0.3) is 0 Å². The SMILES string of the molecule is CSCc1c(C(F)(F)F)ccc(I)c1N. The Morgan fingerprint density at radius 3 is 2.47 bits per heavy atom. The molecule has 0 aromatic heterocycles. The fourth-order valence-electron chi connectivity index (χ4n) is 1.20. The summed E-state index contributed by atoms with van der Waals surface area (Å²) in [4.78, 5) is 0. The van der Waals surface area contributed by atoms with E-state index in [0.717, 1.165) is 6.07 Å². The highest BCUT2D eigenvalue weighted by atomic mass is 127. The average molecular weight is 347 g/mol. The molecule has 0 radical (unpaired) electrons. The van der Waals surface area contributed by atoms with Gasteiger partial charge in [-0.25, -0.2) is 0 Å². The van der Waals surface area contributed by atoms with Crippen LogP contribution < -0.4 is 5.73 Å². The maximum Gasteiger partial charge on any atom is 0.416 e. The van der Waals surface area contributed by atoms with Crippen molar-refractivity contribution in [1.29, 1.82) is 0 Å². The smallest absolute Gasteiger partial charge is 0.398 e. The molecule has 84 valence electrons. The van der Waals surface area contributed by atoms with E-state index in [1.54, 1.807) is 6.26 Å². The van der Waals surface area contributed by atoms with Gasteiger partial charge in [-0.3, -0.25) is 0 Å². The molecule has 0 unspecified atom stereocenters. The molecule has 0 saturated carbocycles. The number of anilines is 1. The Kier molecular flexibility index (Phi) is 4.16. The molecule has 0 heterocycles. The van der Waals surface area contributed by atoms with Crippen LogP contribution in [-0.2, 0) is 11.9 Å². The Hall–Kier alpha value is -0.110. The van der Waals surface area contributed by atoms with Crippen molar-refractivity contribution >= 4 is 40.0 Å². The van der Waals surface area contributed by atoms with Crippen molar-refractivity contribution in [1.82, 2.24) is 0 Å². The third-order valence-corrected chi connectivity index (χ3v) is 3.42. The third kappa shape index (κ3) is 2.93. The highest BCUT2D eigenvalue weighted by Crippen LogP contribution is 2.37. The second-order valence-corrected chi connectivity index (χ2v) is 4.95. The molecule has 0 fully saturated rings. The lowest BCUT2D eigenvalue weighted by molar-refractivity contribution is -0.138. The molecule has 1 nitrogen and oxygen atoms in total. The average Bonchev–Trinajstić information content (AvgIpc) is 2.11. The Bertz CT molecular complexity index is 365. The minimum Gasteiger partial charge on any atom is -0.398 e. The monoisotopic (exact) mass is 347 g/mol. The summed E-state index contributed by atoms with van der Waals surface area (Å²) in [5, 5.41) is 0. The van der Waals surface area contributed by atoms with Crippen LogP contribution in [0.1, 0.15) is 11.1 Å². The first-order valence-electron chi connectivity index (χ1n) is 4.01. The Balaban J connectivity index is 3.33. The van der Waals surface area contributed by atoms with E-state index >= 15 is 0 Å². The number of thioether (sulfide) groups is 1. The van der Waals surface area contributed by atoms with Crippen LogP contribution in [0.2, 0.25) is 0 Å². The van der Waals surface area contributed by atoms with Crippen LogP contribution in [0, 0.1) is 3.57 Å². The maximum absolute atomic E-state index is 12.6. The summed E-state index contributed by atoms with van der Waals surface area (Å²) in [6.07, 6.45) is -2.58. The number of nitrogens with two attached hydrogens (primary N) is 1. The molecule has 0 aliphatic carbocycles. The standard InChI is InChI=1S/C9H9F3INS/c1-15-4-5-6(9(10,11)12)2-3-7(13)8(5)14/h2-3H,4,14H2,1H3. The van der Waals surface area contributed by atoms with Gasteiger partial charge < -0.3 is 5.73 Å². The molecule has 0 atom stereocenters. The second kappa shape index (κ2) is 4.82. The van der Waals surface area contributed by atoms with Crippen molar-refractivity contribution in [3.8, 4) is 0 Å².